The van der Waals surface area contributed by atoms with Crippen LogP contribution >= 0.6 is 0 Å². The highest BCUT2D eigenvalue weighted by Crippen LogP contribution is 2.45. The molecule has 0 amide bonds. The number of likely N-dealkylation sites (N-methyl/N-ethyl adjacent to an activating group) is 1. The number of nitrogens with one attached hydrogen (secondary N) is 4. The second kappa shape index (κ2) is 21.3. The minimum absolute atomic E-state index is 0.0172. The maximum Gasteiger partial charge on any atom is 0.0843 e. The van der Waals surface area contributed by atoms with E-state index in [1.54, 1.807) is 0 Å². The van der Waals surface area contributed by atoms with Crippen LogP contribution in [0.3, 0.4) is 0 Å². The molecule has 0 spiro atoms. The molecule has 5 fully saturated rings. The van der Waals surface area contributed by atoms with Crippen LogP contribution in [-0.4, -0.2) is 83.3 Å². The lowest BCUT2D eigenvalue weighted by Crippen LogP contribution is -2.57. The summed E-state index contributed by atoms with van der Waals surface area (Å²) in [6.45, 7) is 61.3. The third kappa shape index (κ3) is 11.2. The summed E-state index contributed by atoms with van der Waals surface area (Å²) in [5, 5.41) is 12.9. The molecule has 4 N–H and O–H groups in total. The van der Waals surface area contributed by atoms with Gasteiger partial charge >= 0.3 is 0 Å². The monoisotopic (exact) mass is 855 g/mol. The van der Waals surface area contributed by atoms with E-state index in [1.165, 1.54) is 37.7 Å². The number of hydrogen-bond acceptors (Lipinski definition) is 8. The second-order valence-corrected chi connectivity index (χ2v) is 22.3. The fourth-order valence-electron chi connectivity index (χ4n) is 12.3. The molecule has 350 valence electrons. The van der Waals surface area contributed by atoms with Crippen molar-refractivity contribution in [2.45, 2.75) is 170 Å². The Labute approximate surface area is 381 Å². The summed E-state index contributed by atoms with van der Waals surface area (Å²) in [6, 6.07) is 0.239. The lowest BCUT2D eigenvalue weighted by Gasteiger charge is -2.47. The summed E-state index contributed by atoms with van der Waals surface area (Å²) in [7, 11) is 2.18. The Kier molecular flexibility index (Phi) is 17.1. The molecule has 5 aliphatic rings. The summed E-state index contributed by atoms with van der Waals surface area (Å²) in [5.74, 6) is 4.24. The van der Waals surface area contributed by atoms with Crippen LogP contribution in [0.15, 0.2) is 85.8 Å². The number of hydrazine groups is 2. The molecule has 5 rings (SSSR count). The molecule has 8 nitrogen and oxygen atoms in total. The van der Waals surface area contributed by atoms with Crippen molar-refractivity contribution in [3.05, 3.63) is 85.8 Å². The first kappa shape index (κ1) is 49.9. The number of hydrogen-bond donors (Lipinski definition) is 4. The van der Waals surface area contributed by atoms with E-state index in [0.29, 0.717) is 30.2 Å². The van der Waals surface area contributed by atoms with Gasteiger partial charge in [-0.05, 0) is 117 Å². The summed E-state index contributed by atoms with van der Waals surface area (Å²) in [6.07, 6.45) is 12.6. The van der Waals surface area contributed by atoms with E-state index in [0.717, 1.165) is 110 Å². The highest BCUT2D eigenvalue weighted by Gasteiger charge is 2.46. The molecule has 4 saturated heterocycles. The lowest BCUT2D eigenvalue weighted by atomic mass is 9.67. The zero-order chi connectivity index (χ0) is 45.8. The number of allylic oxidation sites excluding steroid dienone is 1. The van der Waals surface area contributed by atoms with Gasteiger partial charge in [0.15, 0.2) is 0 Å². The molecule has 0 bridgehead atoms. The van der Waals surface area contributed by atoms with Gasteiger partial charge in [0.2, 0.25) is 0 Å². The second-order valence-electron chi connectivity index (χ2n) is 22.3. The van der Waals surface area contributed by atoms with Gasteiger partial charge in [0.05, 0.1) is 30.7 Å². The molecule has 10 unspecified atom stereocenters. The fourth-order valence-corrected chi connectivity index (χ4v) is 12.3. The van der Waals surface area contributed by atoms with Gasteiger partial charge in [-0.15, -0.1) is 0 Å². The smallest absolute Gasteiger partial charge is 0.0843 e. The summed E-state index contributed by atoms with van der Waals surface area (Å²) >= 11 is 0. The van der Waals surface area contributed by atoms with Crippen LogP contribution in [0.2, 0.25) is 0 Å². The van der Waals surface area contributed by atoms with Gasteiger partial charge in [0.25, 0.3) is 0 Å². The normalized spacial score (nSPS) is 32.8. The Bertz CT molecular complexity index is 1620. The van der Waals surface area contributed by atoms with E-state index in [4.69, 9.17) is 46.1 Å². The van der Waals surface area contributed by atoms with Gasteiger partial charge in [-0.1, -0.05) is 127 Å². The predicted octanol–water partition coefficient (Wildman–Crippen LogP) is 11.0. The minimum atomic E-state index is -0.0638. The lowest BCUT2D eigenvalue weighted by molar-refractivity contribution is 0.0955. The van der Waals surface area contributed by atoms with Crippen LogP contribution in [0.1, 0.15) is 140 Å². The molecular formula is C54H94N8. The third-order valence-corrected chi connectivity index (χ3v) is 16.2. The summed E-state index contributed by atoms with van der Waals surface area (Å²) in [5.41, 5.74) is 15.3. The zero-order valence-corrected chi connectivity index (χ0v) is 41.9. The average molecular weight is 855 g/mol. The Hall–Kier alpha value is -3.10. The summed E-state index contributed by atoms with van der Waals surface area (Å²) < 4.78 is 0. The largest absolute Gasteiger partial charge is 0.380 e. The SMILES string of the molecule is C=C(NC1C(=C)N2NCCCC2C(=C)N(C)CC(=C)N2NCCCC2C(=C)N2CCC(C)(C)C2C(=C)NC(C(C)C)C(=C)CC1C(C)C)C(C)C1CCC(CC(C)C)C(CC)C1. The molecule has 4 heterocycles. The van der Waals surface area contributed by atoms with Gasteiger partial charge in [0, 0.05) is 66.9 Å². The molecular weight excluding hydrogens is 761 g/mol. The fraction of sp³-hybridized carbons (Fsp3) is 0.741. The van der Waals surface area contributed by atoms with E-state index in [2.05, 4.69) is 118 Å². The minimum Gasteiger partial charge on any atom is -0.380 e. The van der Waals surface area contributed by atoms with Gasteiger partial charge in [0.1, 0.15) is 0 Å². The maximum absolute atomic E-state index is 5.01. The Morgan fingerprint density at radius 2 is 1.44 bits per heavy atom. The van der Waals surface area contributed by atoms with E-state index in [1.807, 2.05) is 0 Å². The third-order valence-electron chi connectivity index (χ3n) is 16.2. The first-order valence-electron chi connectivity index (χ1n) is 25.0. The average Bonchev–Trinajstić information content (AvgIpc) is 3.56. The zero-order valence-electron chi connectivity index (χ0n) is 41.9. The number of fused-ring (bicyclic) bond motifs is 3. The molecule has 0 aromatic rings. The van der Waals surface area contributed by atoms with Crippen LogP contribution in [0, 0.1) is 52.8 Å². The Balaban J connectivity index is 1.54. The van der Waals surface area contributed by atoms with Crippen molar-refractivity contribution in [3.63, 3.8) is 0 Å². The van der Waals surface area contributed by atoms with E-state index in [9.17, 15) is 0 Å². The van der Waals surface area contributed by atoms with Gasteiger partial charge in [-0.25, -0.2) is 10.9 Å². The Morgan fingerprint density at radius 3 is 2.03 bits per heavy atom. The highest BCUT2D eigenvalue weighted by atomic mass is 15.6. The van der Waals surface area contributed by atoms with Crippen LogP contribution in [-0.2, 0) is 0 Å². The quantitative estimate of drug-likeness (QED) is 0.171. The standard InChI is InChI=1S/C54H94N8/c1-19-45-32-46(24-25-47(45)30-34(2)3)39(10)40(11)57-52-44(15)62-49(22-20-28-56-62)42(13)59(18)33-38(9)61-50(23-21-27-55-61)43(14)60-29-26-54(16,17)53(60)41(12)58-51(36(6)7)37(8)31-48(52)35(4)5/h34-36,39,45-53,55-58H,8-9,11-15,19-33H2,1-7,10,16-18H3. The van der Waals surface area contributed by atoms with Gasteiger partial charge in [-0.3, -0.25) is 0 Å². The van der Waals surface area contributed by atoms with Crippen LogP contribution in [0.5, 0.6) is 0 Å². The van der Waals surface area contributed by atoms with E-state index >= 15 is 0 Å². The molecule has 62 heavy (non-hydrogen) atoms. The Morgan fingerprint density at radius 1 is 0.806 bits per heavy atom. The predicted molar refractivity (Wildman–Crippen MR) is 266 cm³/mol. The number of nitrogens with zero attached hydrogens (tertiary/aromatic N) is 4. The van der Waals surface area contributed by atoms with Crippen LogP contribution in [0.25, 0.3) is 0 Å². The van der Waals surface area contributed by atoms with E-state index in [-0.39, 0.29) is 41.5 Å². The maximum atomic E-state index is 5.01. The van der Waals surface area contributed by atoms with Crippen LogP contribution in [0.4, 0.5) is 0 Å². The number of rotatable bonds is 9. The molecule has 0 radical (unpaired) electrons. The van der Waals surface area contributed by atoms with Crippen molar-refractivity contribution in [2.24, 2.45) is 52.8 Å². The molecule has 10 atom stereocenters. The van der Waals surface area contributed by atoms with Crippen molar-refractivity contribution in [2.75, 3.05) is 33.2 Å². The van der Waals surface area contributed by atoms with Crippen molar-refractivity contribution >= 4 is 0 Å². The molecule has 1 aliphatic carbocycles. The molecule has 0 aromatic carbocycles. The highest BCUT2D eigenvalue weighted by molar-refractivity contribution is 5.26. The molecule has 8 heteroatoms. The van der Waals surface area contributed by atoms with Crippen molar-refractivity contribution in [1.82, 2.24) is 41.3 Å². The topological polar surface area (TPSA) is 61.1 Å². The van der Waals surface area contributed by atoms with Crippen molar-refractivity contribution in [3.8, 4) is 0 Å². The van der Waals surface area contributed by atoms with Crippen molar-refractivity contribution < 1.29 is 0 Å². The molecule has 0 aromatic heterocycles. The first-order valence-corrected chi connectivity index (χ1v) is 25.0. The summed E-state index contributed by atoms with van der Waals surface area (Å²) in [4.78, 5) is 4.87. The van der Waals surface area contributed by atoms with Crippen molar-refractivity contribution in [1.29, 1.82) is 0 Å². The van der Waals surface area contributed by atoms with Gasteiger partial charge in [-0.2, -0.15) is 0 Å². The molecule has 4 aliphatic heterocycles. The molecule has 1 saturated carbocycles. The van der Waals surface area contributed by atoms with Gasteiger partial charge < -0.3 is 30.5 Å². The first-order chi connectivity index (χ1) is 29.2. The van der Waals surface area contributed by atoms with Crippen LogP contribution < -0.4 is 21.5 Å². The van der Waals surface area contributed by atoms with E-state index < -0.39 is 0 Å².